The van der Waals surface area contributed by atoms with Crippen molar-refractivity contribution < 1.29 is 23.1 Å². The molecule has 0 bridgehead atoms. The number of pyridine rings is 1. The van der Waals surface area contributed by atoms with Crippen molar-refractivity contribution in [1.82, 2.24) is 4.98 Å². The summed E-state index contributed by atoms with van der Waals surface area (Å²) in [6.45, 7) is 1.16. The van der Waals surface area contributed by atoms with Crippen LogP contribution in [0.2, 0.25) is 0 Å². The first kappa shape index (κ1) is 15.1. The third-order valence-electron chi connectivity index (χ3n) is 3.37. The van der Waals surface area contributed by atoms with E-state index in [1.54, 1.807) is 13.0 Å². The number of carboxylic acid groups (broad SMARTS) is 1. The van der Waals surface area contributed by atoms with Crippen molar-refractivity contribution >= 4 is 27.7 Å². The number of halogens is 4. The van der Waals surface area contributed by atoms with E-state index in [0.29, 0.717) is 11.4 Å². The smallest absolute Gasteiger partial charge is 0.394 e. The van der Waals surface area contributed by atoms with Crippen LogP contribution in [0.15, 0.2) is 16.7 Å². The van der Waals surface area contributed by atoms with E-state index in [1.807, 2.05) is 0 Å². The number of carbonyl (C=O) groups is 1. The van der Waals surface area contributed by atoms with Crippen molar-refractivity contribution in [3.8, 4) is 0 Å². The maximum absolute atomic E-state index is 12.9. The standard InChI is InChI=1S/C12H12BrF3N2O2/c1-6-2-7(13)3-17-10(6)18-4-8(11(19)20)9(5-18)12(14,15)16/h2-3,8-9H,4-5H2,1H3,(H,19,20)/t8-,9-/m1/s1. The van der Waals surface area contributed by atoms with Gasteiger partial charge in [-0.1, -0.05) is 0 Å². The van der Waals surface area contributed by atoms with Gasteiger partial charge in [-0.2, -0.15) is 13.2 Å². The lowest BCUT2D eigenvalue weighted by Crippen LogP contribution is -2.33. The molecule has 0 unspecified atom stereocenters. The van der Waals surface area contributed by atoms with Crippen molar-refractivity contribution in [2.45, 2.75) is 13.1 Å². The molecule has 0 aliphatic carbocycles. The number of aromatic nitrogens is 1. The Labute approximate surface area is 121 Å². The summed E-state index contributed by atoms with van der Waals surface area (Å²) in [6.07, 6.45) is -3.04. The van der Waals surface area contributed by atoms with Gasteiger partial charge in [0.15, 0.2) is 0 Å². The predicted octanol–water partition coefficient (Wildman–Crippen LogP) is 2.85. The summed E-state index contributed by atoms with van der Waals surface area (Å²) in [5.41, 5.74) is 0.700. The van der Waals surface area contributed by atoms with Crippen LogP contribution in [-0.2, 0) is 4.79 Å². The van der Waals surface area contributed by atoms with Crippen molar-refractivity contribution in [1.29, 1.82) is 0 Å². The minimum absolute atomic E-state index is 0.186. The van der Waals surface area contributed by atoms with Gasteiger partial charge in [-0.15, -0.1) is 0 Å². The van der Waals surface area contributed by atoms with Gasteiger partial charge >= 0.3 is 12.1 Å². The highest BCUT2D eigenvalue weighted by Crippen LogP contribution is 2.39. The van der Waals surface area contributed by atoms with Gasteiger partial charge in [0.2, 0.25) is 0 Å². The monoisotopic (exact) mass is 352 g/mol. The zero-order chi connectivity index (χ0) is 15.1. The van der Waals surface area contributed by atoms with Gasteiger partial charge in [0.25, 0.3) is 0 Å². The molecule has 4 nitrogen and oxygen atoms in total. The first-order valence-corrected chi connectivity index (χ1v) is 6.66. The molecule has 0 amide bonds. The van der Waals surface area contributed by atoms with Gasteiger partial charge < -0.3 is 10.0 Å². The van der Waals surface area contributed by atoms with Crippen molar-refractivity contribution in [3.05, 3.63) is 22.3 Å². The van der Waals surface area contributed by atoms with Crippen LogP contribution in [0.25, 0.3) is 0 Å². The first-order valence-electron chi connectivity index (χ1n) is 5.86. The summed E-state index contributed by atoms with van der Waals surface area (Å²) in [6, 6.07) is 1.74. The van der Waals surface area contributed by atoms with Crippen molar-refractivity contribution in [3.63, 3.8) is 0 Å². The van der Waals surface area contributed by atoms with Crippen molar-refractivity contribution in [2.24, 2.45) is 11.8 Å². The van der Waals surface area contributed by atoms with Gasteiger partial charge in [0.1, 0.15) is 5.82 Å². The quantitative estimate of drug-likeness (QED) is 0.889. The second kappa shape index (κ2) is 5.23. The van der Waals surface area contributed by atoms with Crippen LogP contribution >= 0.6 is 15.9 Å². The topological polar surface area (TPSA) is 53.4 Å². The number of aliphatic carboxylic acids is 1. The Kier molecular flexibility index (Phi) is 3.95. The molecule has 2 atom stereocenters. The first-order chi connectivity index (χ1) is 9.20. The lowest BCUT2D eigenvalue weighted by molar-refractivity contribution is -0.187. The lowest BCUT2D eigenvalue weighted by atomic mass is 9.96. The zero-order valence-electron chi connectivity index (χ0n) is 10.5. The van der Waals surface area contributed by atoms with Crippen molar-refractivity contribution in [2.75, 3.05) is 18.0 Å². The number of alkyl halides is 3. The highest BCUT2D eigenvalue weighted by molar-refractivity contribution is 9.10. The van der Waals surface area contributed by atoms with Gasteiger partial charge in [-0.05, 0) is 34.5 Å². The summed E-state index contributed by atoms with van der Waals surface area (Å²) in [4.78, 5) is 16.5. The molecule has 1 N–H and O–H groups in total. The molecule has 0 radical (unpaired) electrons. The molecule has 0 aromatic carbocycles. The van der Waals surface area contributed by atoms with Crippen LogP contribution < -0.4 is 4.90 Å². The highest BCUT2D eigenvalue weighted by Gasteiger charge is 2.53. The lowest BCUT2D eigenvalue weighted by Gasteiger charge is -2.20. The summed E-state index contributed by atoms with van der Waals surface area (Å²) in [5, 5.41) is 8.97. The maximum Gasteiger partial charge on any atom is 0.394 e. The molecule has 8 heteroatoms. The van der Waals surface area contributed by atoms with Gasteiger partial charge in [0, 0.05) is 23.8 Å². The van der Waals surface area contributed by atoms with Crippen LogP contribution in [0.4, 0.5) is 19.0 Å². The summed E-state index contributed by atoms with van der Waals surface area (Å²) >= 11 is 3.23. The summed E-state index contributed by atoms with van der Waals surface area (Å²) < 4.78 is 39.4. The minimum Gasteiger partial charge on any atom is -0.481 e. The minimum atomic E-state index is -4.53. The largest absolute Gasteiger partial charge is 0.481 e. The molecule has 1 aliphatic heterocycles. The average Bonchev–Trinajstić information content (AvgIpc) is 2.73. The van der Waals surface area contributed by atoms with Crippen LogP contribution in [0.1, 0.15) is 5.56 Å². The Morgan fingerprint density at radius 3 is 2.60 bits per heavy atom. The molecular weight excluding hydrogens is 341 g/mol. The van der Waals surface area contributed by atoms with Gasteiger partial charge in [-0.25, -0.2) is 4.98 Å². The van der Waals surface area contributed by atoms with Crippen LogP contribution in [0.3, 0.4) is 0 Å². The Bertz CT molecular complexity index is 536. The number of anilines is 1. The van der Waals surface area contributed by atoms with E-state index in [4.69, 9.17) is 5.11 Å². The number of nitrogens with zero attached hydrogens (tertiary/aromatic N) is 2. The number of hydrogen-bond acceptors (Lipinski definition) is 3. The SMILES string of the molecule is Cc1cc(Br)cnc1N1C[C@@H](C(F)(F)F)[C@H](C(=O)O)C1. The summed E-state index contributed by atoms with van der Waals surface area (Å²) in [7, 11) is 0. The average molecular weight is 353 g/mol. The Morgan fingerprint density at radius 2 is 2.15 bits per heavy atom. The molecule has 110 valence electrons. The second-order valence-electron chi connectivity index (χ2n) is 4.79. The molecule has 1 saturated heterocycles. The van der Waals surface area contributed by atoms with E-state index in [-0.39, 0.29) is 13.1 Å². The Hall–Kier alpha value is -1.31. The van der Waals surface area contributed by atoms with E-state index >= 15 is 0 Å². The van der Waals surface area contributed by atoms with E-state index < -0.39 is 24.0 Å². The van der Waals surface area contributed by atoms with Crippen LogP contribution in [0.5, 0.6) is 0 Å². The van der Waals surface area contributed by atoms with Gasteiger partial charge in [-0.3, -0.25) is 4.79 Å². The summed E-state index contributed by atoms with van der Waals surface area (Å²) in [5.74, 6) is -4.36. The zero-order valence-corrected chi connectivity index (χ0v) is 12.1. The molecular formula is C12H12BrF3N2O2. The molecule has 0 spiro atoms. The third kappa shape index (κ3) is 2.89. The fourth-order valence-electron chi connectivity index (χ4n) is 2.42. The molecule has 2 rings (SSSR count). The molecule has 0 saturated carbocycles. The molecule has 1 aliphatic rings. The maximum atomic E-state index is 12.9. The molecule has 2 heterocycles. The van der Waals surface area contributed by atoms with E-state index in [9.17, 15) is 18.0 Å². The molecule has 1 aromatic rings. The highest BCUT2D eigenvalue weighted by atomic mass is 79.9. The molecule has 20 heavy (non-hydrogen) atoms. The fraction of sp³-hybridized carbons (Fsp3) is 0.500. The number of carboxylic acids is 1. The molecule has 1 fully saturated rings. The van der Waals surface area contributed by atoms with Crippen LogP contribution in [-0.4, -0.2) is 35.3 Å². The predicted molar refractivity (Wildman–Crippen MR) is 69.6 cm³/mol. The second-order valence-corrected chi connectivity index (χ2v) is 5.71. The Morgan fingerprint density at radius 1 is 1.50 bits per heavy atom. The Balaban J connectivity index is 2.30. The number of rotatable bonds is 2. The van der Waals surface area contributed by atoms with Crippen LogP contribution in [0, 0.1) is 18.8 Å². The van der Waals surface area contributed by atoms with E-state index in [0.717, 1.165) is 4.47 Å². The third-order valence-corrected chi connectivity index (χ3v) is 3.81. The number of aryl methyl sites for hydroxylation is 1. The number of hydrogen-bond donors (Lipinski definition) is 1. The van der Waals surface area contributed by atoms with E-state index in [1.165, 1.54) is 11.1 Å². The molecule has 1 aromatic heterocycles. The van der Waals surface area contributed by atoms with Gasteiger partial charge in [0.05, 0.1) is 11.8 Å². The van der Waals surface area contributed by atoms with E-state index in [2.05, 4.69) is 20.9 Å². The fourth-order valence-corrected chi connectivity index (χ4v) is 2.87. The normalized spacial score (nSPS) is 23.1.